The molecule has 1 aromatic carbocycles. The smallest absolute Gasteiger partial charge is 0.191 e. The van der Waals surface area contributed by atoms with Crippen LogP contribution in [0.4, 0.5) is 0 Å². The molecule has 0 aliphatic heterocycles. The molecule has 0 unspecified atom stereocenters. The predicted molar refractivity (Wildman–Crippen MR) is 101 cm³/mol. The second-order valence-corrected chi connectivity index (χ2v) is 4.83. The minimum Gasteiger partial charge on any atom is -0.380 e. The Morgan fingerprint density at radius 2 is 2.00 bits per heavy atom. The lowest BCUT2D eigenvalue weighted by atomic mass is 10.1. The molecular weight excluding hydrogens is 407 g/mol. The lowest BCUT2D eigenvalue weighted by molar-refractivity contribution is 0.185. The van der Waals surface area contributed by atoms with Gasteiger partial charge in [-0.3, -0.25) is 9.67 Å². The summed E-state index contributed by atoms with van der Waals surface area (Å²) in [6, 6.07) is 8.27. The Morgan fingerprint density at radius 3 is 2.65 bits per heavy atom. The number of methoxy groups -OCH3 is 1. The van der Waals surface area contributed by atoms with Crippen LogP contribution in [0.15, 0.2) is 35.6 Å². The Morgan fingerprint density at radius 1 is 1.26 bits per heavy atom. The normalized spacial score (nSPS) is 11.0. The highest BCUT2D eigenvalue weighted by atomic mass is 127. The second-order valence-electron chi connectivity index (χ2n) is 4.83. The van der Waals surface area contributed by atoms with Gasteiger partial charge in [0.05, 0.1) is 13.2 Å². The lowest BCUT2D eigenvalue weighted by Crippen LogP contribution is -2.36. The summed E-state index contributed by atoms with van der Waals surface area (Å²) in [6.07, 6.45) is 1.54. The summed E-state index contributed by atoms with van der Waals surface area (Å²) in [6.45, 7) is 1.88. The first-order valence-electron chi connectivity index (χ1n) is 7.07. The minimum atomic E-state index is 0. The van der Waals surface area contributed by atoms with Crippen LogP contribution in [0, 0.1) is 0 Å². The number of ether oxygens (including phenoxy) is 1. The van der Waals surface area contributed by atoms with Crippen LogP contribution >= 0.6 is 24.0 Å². The Hall–Kier alpha value is -1.68. The van der Waals surface area contributed by atoms with Gasteiger partial charge in [0.1, 0.15) is 12.2 Å². The van der Waals surface area contributed by atoms with Crippen LogP contribution in [-0.4, -0.2) is 34.9 Å². The number of halogens is 1. The maximum atomic E-state index is 5.15. The number of hydrogen-bond acceptors (Lipinski definition) is 4. The number of aryl methyl sites for hydroxylation is 1. The Labute approximate surface area is 153 Å². The number of aromatic nitrogens is 3. The number of aliphatic imine (C=N–C) groups is 1. The fraction of sp³-hybridized carbons (Fsp3) is 0.400. The second kappa shape index (κ2) is 10.2. The quantitative estimate of drug-likeness (QED) is 0.412. The topological polar surface area (TPSA) is 76.4 Å². The van der Waals surface area contributed by atoms with Gasteiger partial charge in [-0.1, -0.05) is 24.3 Å². The van der Waals surface area contributed by atoms with Crippen LogP contribution in [0.1, 0.15) is 17.0 Å². The molecule has 0 aliphatic rings. The third-order valence-electron chi connectivity index (χ3n) is 3.21. The number of benzene rings is 1. The van der Waals surface area contributed by atoms with Gasteiger partial charge in [0, 0.05) is 27.7 Å². The first kappa shape index (κ1) is 19.4. The zero-order chi connectivity index (χ0) is 15.8. The summed E-state index contributed by atoms with van der Waals surface area (Å²) >= 11 is 0. The van der Waals surface area contributed by atoms with Crippen LogP contribution in [0.5, 0.6) is 0 Å². The van der Waals surface area contributed by atoms with Gasteiger partial charge in [0.2, 0.25) is 0 Å². The van der Waals surface area contributed by atoms with E-state index < -0.39 is 0 Å². The van der Waals surface area contributed by atoms with Crippen LogP contribution in [-0.2, 0) is 31.5 Å². The van der Waals surface area contributed by atoms with Crippen molar-refractivity contribution in [1.82, 2.24) is 25.4 Å². The van der Waals surface area contributed by atoms with Crippen LogP contribution in [0.3, 0.4) is 0 Å². The van der Waals surface area contributed by atoms with Crippen molar-refractivity contribution in [3.8, 4) is 0 Å². The first-order chi connectivity index (χ1) is 10.7. The zero-order valence-electron chi connectivity index (χ0n) is 13.6. The molecule has 23 heavy (non-hydrogen) atoms. The van der Waals surface area contributed by atoms with Crippen LogP contribution in [0.2, 0.25) is 0 Å². The first-order valence-corrected chi connectivity index (χ1v) is 7.07. The van der Waals surface area contributed by atoms with Crippen molar-refractivity contribution in [3.05, 3.63) is 47.5 Å². The van der Waals surface area contributed by atoms with Crippen molar-refractivity contribution in [2.24, 2.45) is 12.0 Å². The van der Waals surface area contributed by atoms with E-state index in [-0.39, 0.29) is 24.0 Å². The summed E-state index contributed by atoms with van der Waals surface area (Å²) in [5.74, 6) is 1.57. The van der Waals surface area contributed by atoms with Gasteiger partial charge < -0.3 is 15.4 Å². The molecule has 0 aliphatic carbocycles. The fourth-order valence-electron chi connectivity index (χ4n) is 2.05. The molecule has 0 bridgehead atoms. The molecule has 0 radical (unpaired) electrons. The van der Waals surface area contributed by atoms with Crippen molar-refractivity contribution < 1.29 is 4.74 Å². The molecule has 1 aromatic heterocycles. The number of guanidine groups is 1. The van der Waals surface area contributed by atoms with Crippen molar-refractivity contribution in [1.29, 1.82) is 0 Å². The number of rotatable bonds is 6. The molecule has 2 rings (SSSR count). The van der Waals surface area contributed by atoms with E-state index >= 15 is 0 Å². The molecule has 126 valence electrons. The average molecular weight is 430 g/mol. The molecule has 7 nitrogen and oxygen atoms in total. The zero-order valence-corrected chi connectivity index (χ0v) is 15.9. The summed E-state index contributed by atoms with van der Waals surface area (Å²) in [5, 5.41) is 10.5. The summed E-state index contributed by atoms with van der Waals surface area (Å²) < 4.78 is 6.88. The monoisotopic (exact) mass is 430 g/mol. The van der Waals surface area contributed by atoms with Gasteiger partial charge in [0.15, 0.2) is 5.96 Å². The summed E-state index contributed by atoms with van der Waals surface area (Å²) in [7, 11) is 5.30. The SMILES string of the molecule is CN=C(NCc1cccc(COC)c1)NCc1ncnn1C.I. The van der Waals surface area contributed by atoms with E-state index in [2.05, 4.69) is 37.8 Å². The largest absolute Gasteiger partial charge is 0.380 e. The van der Waals surface area contributed by atoms with E-state index in [1.54, 1.807) is 18.8 Å². The molecule has 2 aromatic rings. The lowest BCUT2D eigenvalue weighted by Gasteiger charge is -2.12. The van der Waals surface area contributed by atoms with Crippen LogP contribution < -0.4 is 10.6 Å². The van der Waals surface area contributed by atoms with Gasteiger partial charge in [-0.05, 0) is 11.1 Å². The average Bonchev–Trinajstić information content (AvgIpc) is 2.93. The van der Waals surface area contributed by atoms with Crippen molar-refractivity contribution >= 4 is 29.9 Å². The van der Waals surface area contributed by atoms with Gasteiger partial charge in [-0.25, -0.2) is 4.98 Å². The maximum absolute atomic E-state index is 5.15. The van der Waals surface area contributed by atoms with E-state index in [0.29, 0.717) is 19.7 Å². The number of nitrogens with zero attached hydrogens (tertiary/aromatic N) is 4. The molecular formula is C15H23IN6O. The van der Waals surface area contributed by atoms with Crippen molar-refractivity contribution in [2.75, 3.05) is 14.2 Å². The van der Waals surface area contributed by atoms with Gasteiger partial charge in [-0.2, -0.15) is 5.10 Å². The molecule has 0 saturated carbocycles. The van der Waals surface area contributed by atoms with E-state index in [4.69, 9.17) is 4.74 Å². The minimum absolute atomic E-state index is 0. The van der Waals surface area contributed by atoms with Gasteiger partial charge in [-0.15, -0.1) is 24.0 Å². The molecule has 0 atom stereocenters. The highest BCUT2D eigenvalue weighted by Gasteiger charge is 2.03. The summed E-state index contributed by atoms with van der Waals surface area (Å²) in [5.41, 5.74) is 2.33. The molecule has 0 amide bonds. The maximum Gasteiger partial charge on any atom is 0.191 e. The van der Waals surface area contributed by atoms with Gasteiger partial charge in [0.25, 0.3) is 0 Å². The van der Waals surface area contributed by atoms with E-state index in [1.807, 2.05) is 19.2 Å². The molecule has 0 spiro atoms. The Bertz CT molecular complexity index is 628. The fourth-order valence-corrected chi connectivity index (χ4v) is 2.05. The van der Waals surface area contributed by atoms with Crippen molar-refractivity contribution in [3.63, 3.8) is 0 Å². The van der Waals surface area contributed by atoms with Crippen molar-refractivity contribution in [2.45, 2.75) is 19.7 Å². The third-order valence-corrected chi connectivity index (χ3v) is 3.21. The van der Waals surface area contributed by atoms with E-state index in [0.717, 1.165) is 17.3 Å². The molecule has 0 saturated heterocycles. The van der Waals surface area contributed by atoms with Gasteiger partial charge >= 0.3 is 0 Å². The molecule has 0 fully saturated rings. The summed E-state index contributed by atoms with van der Waals surface area (Å²) in [4.78, 5) is 8.37. The highest BCUT2D eigenvalue weighted by molar-refractivity contribution is 14.0. The predicted octanol–water partition coefficient (Wildman–Crippen LogP) is 1.44. The van der Waals surface area contributed by atoms with E-state index in [9.17, 15) is 0 Å². The number of hydrogen-bond donors (Lipinski definition) is 2. The third kappa shape index (κ3) is 6.14. The Balaban J connectivity index is 0.00000264. The number of nitrogens with one attached hydrogen (secondary N) is 2. The standard InChI is InChI=1S/C15H22N6O.HI/c1-16-15(18-9-14-19-11-20-21(14)2)17-8-12-5-4-6-13(7-12)10-22-3;/h4-7,11H,8-10H2,1-3H3,(H2,16,17,18);1H. The molecule has 2 N–H and O–H groups in total. The highest BCUT2D eigenvalue weighted by Crippen LogP contribution is 2.06. The molecule has 8 heteroatoms. The Kier molecular flexibility index (Phi) is 8.56. The van der Waals surface area contributed by atoms with Crippen LogP contribution in [0.25, 0.3) is 0 Å². The molecule has 1 heterocycles. The van der Waals surface area contributed by atoms with E-state index in [1.165, 1.54) is 11.9 Å².